The van der Waals surface area contributed by atoms with Crippen LogP contribution in [0.5, 0.6) is 0 Å². The molecular weight excluding hydrogens is 296 g/mol. The van der Waals surface area contributed by atoms with Crippen LogP contribution >= 0.6 is 11.8 Å². The quantitative estimate of drug-likeness (QED) is 0.776. The maximum atomic E-state index is 12.5. The third-order valence-corrected chi connectivity index (χ3v) is 6.57. The van der Waals surface area contributed by atoms with Gasteiger partial charge in [0.2, 0.25) is 5.91 Å². The molecule has 0 N–H and O–H groups in total. The fraction of sp³-hybridized carbons (Fsp3) is 0.941. The van der Waals surface area contributed by atoms with Crippen molar-refractivity contribution in [3.8, 4) is 0 Å². The highest BCUT2D eigenvalue weighted by Gasteiger charge is 2.39. The largest absolute Gasteiger partial charge is 0.368 e. The van der Waals surface area contributed by atoms with Gasteiger partial charge in [-0.2, -0.15) is 11.8 Å². The van der Waals surface area contributed by atoms with Crippen LogP contribution in [0, 0.1) is 0 Å². The van der Waals surface area contributed by atoms with E-state index in [1.54, 1.807) is 0 Å². The van der Waals surface area contributed by atoms with E-state index in [9.17, 15) is 4.79 Å². The molecule has 2 unspecified atom stereocenters. The predicted octanol–water partition coefficient (Wildman–Crippen LogP) is 2.37. The third-order valence-electron chi connectivity index (χ3n) is 5.50. The zero-order chi connectivity index (χ0) is 15.4. The molecule has 1 aliphatic carbocycles. The molecule has 2 aliphatic heterocycles. The molecule has 2 heterocycles. The molecule has 0 aromatic rings. The summed E-state index contributed by atoms with van der Waals surface area (Å²) in [4.78, 5) is 17.1. The summed E-state index contributed by atoms with van der Waals surface area (Å²) >= 11 is 1.92. The monoisotopic (exact) mass is 326 g/mol. The van der Waals surface area contributed by atoms with E-state index in [-0.39, 0.29) is 5.91 Å². The average Bonchev–Trinajstić information content (AvgIpc) is 3.22. The van der Waals surface area contributed by atoms with Crippen LogP contribution in [0.15, 0.2) is 0 Å². The molecule has 4 nitrogen and oxygen atoms in total. The summed E-state index contributed by atoms with van der Waals surface area (Å²) in [5.41, 5.74) is 0. The number of likely N-dealkylation sites (tertiary alicyclic amines) is 2. The summed E-state index contributed by atoms with van der Waals surface area (Å²) < 4.78 is 5.88. The van der Waals surface area contributed by atoms with Gasteiger partial charge in [0.15, 0.2) is 0 Å². The maximum absolute atomic E-state index is 12.5. The van der Waals surface area contributed by atoms with Gasteiger partial charge in [-0.25, -0.2) is 0 Å². The maximum Gasteiger partial charge on any atom is 0.248 e. The van der Waals surface area contributed by atoms with Crippen LogP contribution in [0.3, 0.4) is 0 Å². The van der Waals surface area contributed by atoms with Crippen LogP contribution in [-0.4, -0.2) is 72.1 Å². The highest BCUT2D eigenvalue weighted by molar-refractivity contribution is 7.99. The Morgan fingerprint density at radius 2 is 1.82 bits per heavy atom. The Labute approximate surface area is 138 Å². The van der Waals surface area contributed by atoms with Gasteiger partial charge in [-0.05, 0) is 45.0 Å². The Morgan fingerprint density at radius 1 is 1.09 bits per heavy atom. The Hall–Kier alpha value is -0.260. The Balaban J connectivity index is 1.47. The molecule has 0 aromatic heterocycles. The van der Waals surface area contributed by atoms with Gasteiger partial charge in [-0.3, -0.25) is 9.69 Å². The second kappa shape index (κ2) is 8.02. The minimum atomic E-state index is 0.200. The second-order valence-electron chi connectivity index (χ2n) is 6.95. The molecule has 3 rings (SSSR count). The van der Waals surface area contributed by atoms with Crippen molar-refractivity contribution in [2.75, 3.05) is 39.0 Å². The SMILES string of the molecule is CSC1CN(C(=O)COC2CCCCC2)CC1N1CCCC1. The zero-order valence-corrected chi connectivity index (χ0v) is 14.7. The van der Waals surface area contributed by atoms with Gasteiger partial charge in [-0.1, -0.05) is 19.3 Å². The van der Waals surface area contributed by atoms with Crippen molar-refractivity contribution in [2.24, 2.45) is 0 Å². The number of rotatable bonds is 5. The molecule has 3 fully saturated rings. The van der Waals surface area contributed by atoms with E-state index in [0.717, 1.165) is 25.9 Å². The standard InChI is InChI=1S/C17H30N2O2S/c1-22-16-12-19(11-15(16)18-9-5-6-10-18)17(20)13-21-14-7-3-2-4-8-14/h14-16H,2-13H2,1H3. The predicted molar refractivity (Wildman–Crippen MR) is 91.3 cm³/mol. The molecule has 2 saturated heterocycles. The zero-order valence-electron chi connectivity index (χ0n) is 13.8. The highest BCUT2D eigenvalue weighted by Crippen LogP contribution is 2.28. The first-order chi connectivity index (χ1) is 10.8. The summed E-state index contributed by atoms with van der Waals surface area (Å²) in [7, 11) is 0. The molecule has 1 amide bonds. The Bertz CT molecular complexity index is 368. The van der Waals surface area contributed by atoms with Crippen LogP contribution in [0.4, 0.5) is 0 Å². The van der Waals surface area contributed by atoms with Crippen molar-refractivity contribution in [1.29, 1.82) is 0 Å². The van der Waals surface area contributed by atoms with Crippen molar-refractivity contribution < 1.29 is 9.53 Å². The molecule has 0 bridgehead atoms. The lowest BCUT2D eigenvalue weighted by Crippen LogP contribution is -2.41. The minimum absolute atomic E-state index is 0.200. The first-order valence-electron chi connectivity index (χ1n) is 8.94. The van der Waals surface area contributed by atoms with Gasteiger partial charge in [0.05, 0.1) is 6.10 Å². The van der Waals surface area contributed by atoms with Gasteiger partial charge in [-0.15, -0.1) is 0 Å². The lowest BCUT2D eigenvalue weighted by atomic mass is 9.98. The molecule has 3 aliphatic rings. The lowest BCUT2D eigenvalue weighted by Gasteiger charge is -2.27. The van der Waals surface area contributed by atoms with Crippen molar-refractivity contribution in [3.63, 3.8) is 0 Å². The van der Waals surface area contributed by atoms with E-state index in [1.165, 1.54) is 45.2 Å². The van der Waals surface area contributed by atoms with Crippen molar-refractivity contribution in [3.05, 3.63) is 0 Å². The van der Waals surface area contributed by atoms with Gasteiger partial charge < -0.3 is 9.64 Å². The number of ether oxygens (including phenoxy) is 1. The van der Waals surface area contributed by atoms with Crippen LogP contribution in [0.1, 0.15) is 44.9 Å². The third kappa shape index (κ3) is 3.98. The molecule has 0 spiro atoms. The van der Waals surface area contributed by atoms with E-state index in [0.29, 0.717) is 24.0 Å². The van der Waals surface area contributed by atoms with E-state index in [4.69, 9.17) is 4.74 Å². The van der Waals surface area contributed by atoms with Crippen molar-refractivity contribution in [1.82, 2.24) is 9.80 Å². The molecule has 2 atom stereocenters. The van der Waals surface area contributed by atoms with E-state index < -0.39 is 0 Å². The minimum Gasteiger partial charge on any atom is -0.368 e. The first kappa shape index (κ1) is 16.6. The number of thioether (sulfide) groups is 1. The number of carbonyl (C=O) groups is 1. The molecule has 0 aromatic carbocycles. The number of amides is 1. The molecule has 22 heavy (non-hydrogen) atoms. The first-order valence-corrected chi connectivity index (χ1v) is 10.2. The normalized spacial score (nSPS) is 31.0. The second-order valence-corrected chi connectivity index (χ2v) is 8.03. The molecular formula is C17H30N2O2S. The van der Waals surface area contributed by atoms with Crippen molar-refractivity contribution in [2.45, 2.75) is 62.3 Å². The number of hydrogen-bond donors (Lipinski definition) is 0. The Kier molecular flexibility index (Phi) is 6.05. The van der Waals surface area contributed by atoms with Crippen LogP contribution in [0.25, 0.3) is 0 Å². The molecule has 0 radical (unpaired) electrons. The Morgan fingerprint density at radius 3 is 2.50 bits per heavy atom. The van der Waals surface area contributed by atoms with Crippen LogP contribution in [-0.2, 0) is 9.53 Å². The highest BCUT2D eigenvalue weighted by atomic mass is 32.2. The molecule has 5 heteroatoms. The number of carbonyl (C=O) groups excluding carboxylic acids is 1. The fourth-order valence-corrected chi connectivity index (χ4v) is 5.03. The van der Waals surface area contributed by atoms with E-state index in [1.807, 2.05) is 16.7 Å². The van der Waals surface area contributed by atoms with Crippen LogP contribution in [0.2, 0.25) is 0 Å². The topological polar surface area (TPSA) is 32.8 Å². The van der Waals surface area contributed by atoms with Gasteiger partial charge in [0.25, 0.3) is 0 Å². The van der Waals surface area contributed by atoms with Gasteiger partial charge in [0, 0.05) is 24.4 Å². The summed E-state index contributed by atoms with van der Waals surface area (Å²) in [5, 5.41) is 0.566. The number of nitrogens with zero attached hydrogens (tertiary/aromatic N) is 2. The number of hydrogen-bond acceptors (Lipinski definition) is 4. The average molecular weight is 327 g/mol. The van der Waals surface area contributed by atoms with Crippen molar-refractivity contribution >= 4 is 17.7 Å². The molecule has 1 saturated carbocycles. The summed E-state index contributed by atoms with van der Waals surface area (Å²) in [5.74, 6) is 0.200. The van der Waals surface area contributed by atoms with E-state index in [2.05, 4.69) is 11.2 Å². The fourth-order valence-electron chi connectivity index (χ4n) is 4.13. The summed E-state index contributed by atoms with van der Waals surface area (Å²) in [6, 6.07) is 0.552. The summed E-state index contributed by atoms with van der Waals surface area (Å²) in [6.07, 6.45) is 11.3. The lowest BCUT2D eigenvalue weighted by molar-refractivity contribution is -0.137. The smallest absolute Gasteiger partial charge is 0.248 e. The summed E-state index contributed by atoms with van der Waals surface area (Å²) in [6.45, 7) is 4.51. The van der Waals surface area contributed by atoms with Gasteiger partial charge in [0.1, 0.15) is 6.61 Å². The van der Waals surface area contributed by atoms with Crippen LogP contribution < -0.4 is 0 Å². The molecule has 126 valence electrons. The van der Waals surface area contributed by atoms with E-state index >= 15 is 0 Å². The van der Waals surface area contributed by atoms with Gasteiger partial charge >= 0.3 is 0 Å².